The van der Waals surface area contributed by atoms with Crippen molar-refractivity contribution in [3.05, 3.63) is 37.1 Å². The first-order valence-electron chi connectivity index (χ1n) is 7.11. The van der Waals surface area contributed by atoms with Crippen LogP contribution in [0.5, 0.6) is 0 Å². The van der Waals surface area contributed by atoms with Crippen molar-refractivity contribution in [3.63, 3.8) is 0 Å². The fourth-order valence-electron chi connectivity index (χ4n) is 2.21. The average Bonchev–Trinajstić information content (AvgIpc) is 2.38. The zero-order chi connectivity index (χ0) is 13.9. The number of allylic oxidation sites excluding steroid dienone is 3. The lowest BCUT2D eigenvalue weighted by atomic mass is 9.74. The van der Waals surface area contributed by atoms with E-state index in [2.05, 4.69) is 45.0 Å². The number of hydrogen-bond donors (Lipinski definition) is 0. The monoisotopic (exact) mass is 247 g/mol. The van der Waals surface area contributed by atoms with Crippen molar-refractivity contribution >= 4 is 6.21 Å². The molecule has 102 valence electrons. The van der Waals surface area contributed by atoms with Gasteiger partial charge < -0.3 is 0 Å². The van der Waals surface area contributed by atoms with Crippen LogP contribution in [0.25, 0.3) is 0 Å². The van der Waals surface area contributed by atoms with Crippen LogP contribution in [-0.2, 0) is 0 Å². The van der Waals surface area contributed by atoms with Crippen molar-refractivity contribution < 1.29 is 0 Å². The highest BCUT2D eigenvalue weighted by atomic mass is 14.7. The summed E-state index contributed by atoms with van der Waals surface area (Å²) in [6.07, 6.45) is 14.9. The molecule has 0 aromatic rings. The lowest BCUT2D eigenvalue weighted by Crippen LogP contribution is -2.20. The van der Waals surface area contributed by atoms with Crippen molar-refractivity contribution in [2.24, 2.45) is 10.4 Å². The fraction of sp³-hybridized carbons (Fsp3) is 0.588. The molecule has 0 aliphatic rings. The lowest BCUT2D eigenvalue weighted by molar-refractivity contribution is 0.327. The quantitative estimate of drug-likeness (QED) is 0.347. The predicted molar refractivity (Wildman–Crippen MR) is 84.1 cm³/mol. The van der Waals surface area contributed by atoms with Gasteiger partial charge in [0.1, 0.15) is 0 Å². The summed E-state index contributed by atoms with van der Waals surface area (Å²) < 4.78 is 0. The van der Waals surface area contributed by atoms with E-state index >= 15 is 0 Å². The molecule has 0 aromatic heterocycles. The van der Waals surface area contributed by atoms with Crippen LogP contribution >= 0.6 is 0 Å². The SMILES string of the molecule is C=C/C=C(\C=NC=C)C(C)(CCCC)CCCC. The fourth-order valence-corrected chi connectivity index (χ4v) is 2.21. The second-order valence-electron chi connectivity index (χ2n) is 5.09. The van der Waals surface area contributed by atoms with Crippen LogP contribution in [-0.4, -0.2) is 6.21 Å². The Morgan fingerprint density at radius 3 is 2.06 bits per heavy atom. The Hall–Kier alpha value is -1.11. The highest BCUT2D eigenvalue weighted by Crippen LogP contribution is 2.37. The molecule has 0 spiro atoms. The maximum Gasteiger partial charge on any atom is 0.0305 e. The Labute approximate surface area is 113 Å². The van der Waals surface area contributed by atoms with E-state index in [1.54, 1.807) is 6.20 Å². The largest absolute Gasteiger partial charge is 0.265 e. The minimum absolute atomic E-state index is 0.215. The zero-order valence-corrected chi connectivity index (χ0v) is 12.4. The lowest BCUT2D eigenvalue weighted by Gasteiger charge is -2.31. The minimum atomic E-state index is 0.215. The van der Waals surface area contributed by atoms with E-state index in [0.717, 1.165) is 0 Å². The number of aliphatic imine (C=N–C) groups is 1. The van der Waals surface area contributed by atoms with Crippen molar-refractivity contribution in [3.8, 4) is 0 Å². The molecule has 0 N–H and O–H groups in total. The maximum absolute atomic E-state index is 4.20. The molecule has 0 heterocycles. The van der Waals surface area contributed by atoms with Crippen LogP contribution in [0.1, 0.15) is 59.3 Å². The van der Waals surface area contributed by atoms with Crippen LogP contribution in [0.4, 0.5) is 0 Å². The second-order valence-corrected chi connectivity index (χ2v) is 5.09. The van der Waals surface area contributed by atoms with Crippen molar-refractivity contribution in [2.75, 3.05) is 0 Å². The molecule has 1 nitrogen and oxygen atoms in total. The van der Waals surface area contributed by atoms with Crippen LogP contribution in [0.15, 0.2) is 42.1 Å². The molecule has 0 unspecified atom stereocenters. The van der Waals surface area contributed by atoms with E-state index in [9.17, 15) is 0 Å². The summed E-state index contributed by atoms with van der Waals surface area (Å²) in [6.45, 7) is 14.3. The molecular formula is C17H29N. The number of unbranched alkanes of at least 4 members (excludes halogenated alkanes) is 2. The van der Waals surface area contributed by atoms with Gasteiger partial charge in [-0.25, -0.2) is 0 Å². The Kier molecular flexibility index (Phi) is 9.26. The zero-order valence-electron chi connectivity index (χ0n) is 12.4. The molecule has 0 aliphatic heterocycles. The number of hydrogen-bond acceptors (Lipinski definition) is 1. The number of rotatable bonds is 10. The normalized spacial score (nSPS) is 12.9. The standard InChI is InChI=1S/C17H29N/c1-6-10-13-17(5,14-11-7-2)16(12-8-3)15-18-9-4/h8-9,12,15H,3-4,6-7,10-11,13-14H2,1-2,5H3/b16-12+,18-15?. The first-order valence-corrected chi connectivity index (χ1v) is 7.11. The third-order valence-electron chi connectivity index (χ3n) is 3.48. The summed E-state index contributed by atoms with van der Waals surface area (Å²) >= 11 is 0. The molecule has 0 fully saturated rings. The molecule has 18 heavy (non-hydrogen) atoms. The summed E-state index contributed by atoms with van der Waals surface area (Å²) in [7, 11) is 0. The van der Waals surface area contributed by atoms with E-state index in [4.69, 9.17) is 0 Å². The van der Waals surface area contributed by atoms with Crippen molar-refractivity contribution in [1.82, 2.24) is 0 Å². The van der Waals surface area contributed by atoms with Gasteiger partial charge in [0.05, 0.1) is 0 Å². The summed E-state index contributed by atoms with van der Waals surface area (Å²) in [4.78, 5) is 4.20. The molecule has 1 heteroatoms. The first-order chi connectivity index (χ1) is 8.64. The van der Waals surface area contributed by atoms with Gasteiger partial charge in [0.2, 0.25) is 0 Å². The predicted octanol–water partition coefficient (Wildman–Crippen LogP) is 5.70. The smallest absolute Gasteiger partial charge is 0.0305 e. The van der Waals surface area contributed by atoms with Gasteiger partial charge in [-0.1, -0.05) is 71.8 Å². The van der Waals surface area contributed by atoms with Crippen molar-refractivity contribution in [1.29, 1.82) is 0 Å². The Bertz CT molecular complexity index is 289. The molecule has 0 aliphatic carbocycles. The summed E-state index contributed by atoms with van der Waals surface area (Å²) in [5, 5.41) is 0. The second kappa shape index (κ2) is 9.87. The third kappa shape index (κ3) is 6.00. The van der Waals surface area contributed by atoms with E-state index in [1.165, 1.54) is 44.1 Å². The molecule has 0 bridgehead atoms. The van der Waals surface area contributed by atoms with Crippen LogP contribution < -0.4 is 0 Å². The molecule has 0 aromatic carbocycles. The summed E-state index contributed by atoms with van der Waals surface area (Å²) in [6, 6.07) is 0. The first kappa shape index (κ1) is 16.9. The summed E-state index contributed by atoms with van der Waals surface area (Å²) in [5.41, 5.74) is 1.49. The Morgan fingerprint density at radius 2 is 1.67 bits per heavy atom. The van der Waals surface area contributed by atoms with Gasteiger partial charge in [-0.05, 0) is 23.8 Å². The molecule has 0 radical (unpaired) electrons. The van der Waals surface area contributed by atoms with Gasteiger partial charge in [-0.15, -0.1) is 0 Å². The average molecular weight is 247 g/mol. The van der Waals surface area contributed by atoms with Gasteiger partial charge in [0.25, 0.3) is 0 Å². The van der Waals surface area contributed by atoms with E-state index in [1.807, 2.05) is 12.3 Å². The van der Waals surface area contributed by atoms with E-state index in [0.29, 0.717) is 0 Å². The summed E-state index contributed by atoms with van der Waals surface area (Å²) in [5.74, 6) is 0. The molecule has 0 atom stereocenters. The minimum Gasteiger partial charge on any atom is -0.265 e. The molecular weight excluding hydrogens is 218 g/mol. The molecule has 0 saturated heterocycles. The maximum atomic E-state index is 4.20. The van der Waals surface area contributed by atoms with Crippen molar-refractivity contribution in [2.45, 2.75) is 59.3 Å². The van der Waals surface area contributed by atoms with Gasteiger partial charge >= 0.3 is 0 Å². The van der Waals surface area contributed by atoms with Crippen LogP contribution in [0.3, 0.4) is 0 Å². The third-order valence-corrected chi connectivity index (χ3v) is 3.48. The molecule has 0 rings (SSSR count). The molecule has 0 amide bonds. The van der Waals surface area contributed by atoms with E-state index < -0.39 is 0 Å². The molecule has 0 saturated carbocycles. The topological polar surface area (TPSA) is 12.4 Å². The Balaban J connectivity index is 5.06. The van der Waals surface area contributed by atoms with Gasteiger partial charge in [-0.3, -0.25) is 4.99 Å². The number of nitrogens with zero attached hydrogens (tertiary/aromatic N) is 1. The van der Waals surface area contributed by atoms with Crippen LogP contribution in [0, 0.1) is 5.41 Å². The highest BCUT2D eigenvalue weighted by molar-refractivity contribution is 5.81. The highest BCUT2D eigenvalue weighted by Gasteiger charge is 2.26. The Morgan fingerprint density at radius 1 is 1.11 bits per heavy atom. The van der Waals surface area contributed by atoms with Crippen LogP contribution in [0.2, 0.25) is 0 Å². The van der Waals surface area contributed by atoms with E-state index in [-0.39, 0.29) is 5.41 Å². The van der Waals surface area contributed by atoms with Gasteiger partial charge in [-0.2, -0.15) is 0 Å². The van der Waals surface area contributed by atoms with Gasteiger partial charge in [0.15, 0.2) is 0 Å². The van der Waals surface area contributed by atoms with Gasteiger partial charge in [0, 0.05) is 12.4 Å².